The molecule has 8 heteroatoms. The number of aliphatic hydroxyl groups excluding tert-OH is 1. The molecular formula is C30H50O8. The third-order valence-corrected chi connectivity index (χ3v) is 9.05. The Morgan fingerprint density at radius 3 is 2.26 bits per heavy atom. The van der Waals surface area contributed by atoms with Crippen LogP contribution in [0.1, 0.15) is 113 Å². The molecule has 8 atom stereocenters. The van der Waals surface area contributed by atoms with Crippen molar-refractivity contribution in [2.24, 2.45) is 0 Å². The Kier molecular flexibility index (Phi) is 9.57. The normalized spacial score (nSPS) is 36.1. The van der Waals surface area contributed by atoms with Crippen molar-refractivity contribution < 1.29 is 38.7 Å². The predicted octanol–water partition coefficient (Wildman–Crippen LogP) is 4.57. The SMILES string of the molecule is C=C(CC[C@H](O)[C@@]1(C)CC[C@H](C(C)(C)O)O1)[C@H]1CC[C@H]2O[C@@H]([C@](C)(CCC(C)=O)OC(C)=O)CC[C@]2(C)O1. The number of carbonyl (C=O) groups excluding carboxylic acids is 2. The number of esters is 1. The van der Waals surface area contributed by atoms with E-state index in [1.807, 2.05) is 13.8 Å². The Morgan fingerprint density at radius 1 is 1.03 bits per heavy atom. The van der Waals surface area contributed by atoms with Crippen LogP contribution in [0.4, 0.5) is 0 Å². The molecule has 0 unspecified atom stereocenters. The van der Waals surface area contributed by atoms with Crippen molar-refractivity contribution in [1.29, 1.82) is 0 Å². The predicted molar refractivity (Wildman–Crippen MR) is 144 cm³/mol. The second-order valence-corrected chi connectivity index (χ2v) is 13.1. The number of hydrogen-bond donors (Lipinski definition) is 2. The van der Waals surface area contributed by atoms with Crippen molar-refractivity contribution in [3.05, 3.63) is 12.2 Å². The average Bonchev–Trinajstić information content (AvgIpc) is 3.23. The molecule has 3 rings (SSSR count). The van der Waals surface area contributed by atoms with E-state index in [4.69, 9.17) is 18.9 Å². The highest BCUT2D eigenvalue weighted by Crippen LogP contribution is 2.45. The van der Waals surface area contributed by atoms with Crippen LogP contribution in [-0.2, 0) is 28.5 Å². The minimum absolute atomic E-state index is 0.0574. The van der Waals surface area contributed by atoms with Gasteiger partial charge in [-0.25, -0.2) is 0 Å². The number of carbonyl (C=O) groups is 2. The number of ether oxygens (including phenoxy) is 4. The molecule has 3 aliphatic rings. The number of rotatable bonds is 11. The molecule has 0 aromatic rings. The molecule has 0 bridgehead atoms. The summed E-state index contributed by atoms with van der Waals surface area (Å²) in [6.45, 7) is 16.6. The molecule has 38 heavy (non-hydrogen) atoms. The highest BCUT2D eigenvalue weighted by Gasteiger charge is 2.52. The lowest BCUT2D eigenvalue weighted by Crippen LogP contribution is -2.59. The molecule has 0 saturated carbocycles. The number of ketones is 1. The largest absolute Gasteiger partial charge is 0.457 e. The van der Waals surface area contributed by atoms with Crippen molar-refractivity contribution in [3.63, 3.8) is 0 Å². The van der Waals surface area contributed by atoms with Crippen molar-refractivity contribution >= 4 is 11.8 Å². The molecule has 2 N–H and O–H groups in total. The zero-order valence-corrected chi connectivity index (χ0v) is 24.5. The molecule has 3 aliphatic heterocycles. The average molecular weight is 539 g/mol. The van der Waals surface area contributed by atoms with E-state index in [1.165, 1.54) is 6.92 Å². The lowest BCUT2D eigenvalue weighted by atomic mass is 9.77. The Morgan fingerprint density at radius 2 is 1.68 bits per heavy atom. The molecule has 3 heterocycles. The fourth-order valence-electron chi connectivity index (χ4n) is 6.34. The van der Waals surface area contributed by atoms with Gasteiger partial charge in [0.05, 0.1) is 47.3 Å². The lowest BCUT2D eigenvalue weighted by molar-refractivity contribution is -0.262. The van der Waals surface area contributed by atoms with E-state index in [-0.39, 0.29) is 36.2 Å². The van der Waals surface area contributed by atoms with Gasteiger partial charge in [0.15, 0.2) is 0 Å². The number of aliphatic hydroxyl groups is 2. The summed E-state index contributed by atoms with van der Waals surface area (Å²) in [6.07, 6.45) is 4.75. The Labute approximate surface area is 228 Å². The van der Waals surface area contributed by atoms with Crippen LogP contribution in [0, 0.1) is 0 Å². The third-order valence-electron chi connectivity index (χ3n) is 9.05. The minimum atomic E-state index is -0.937. The van der Waals surface area contributed by atoms with Crippen LogP contribution in [0.3, 0.4) is 0 Å². The fraction of sp³-hybridized carbons (Fsp3) is 0.867. The van der Waals surface area contributed by atoms with Gasteiger partial charge in [-0.1, -0.05) is 6.58 Å². The summed E-state index contributed by atoms with van der Waals surface area (Å²) >= 11 is 0. The Hall–Kier alpha value is -1.32. The molecule has 0 spiro atoms. The number of fused-ring (bicyclic) bond motifs is 1. The van der Waals surface area contributed by atoms with Crippen LogP contribution in [0.25, 0.3) is 0 Å². The first kappa shape index (κ1) is 31.2. The van der Waals surface area contributed by atoms with Crippen LogP contribution < -0.4 is 0 Å². The smallest absolute Gasteiger partial charge is 0.303 e. The quantitative estimate of drug-likeness (QED) is 0.291. The van der Waals surface area contributed by atoms with Gasteiger partial charge in [-0.3, -0.25) is 4.79 Å². The molecule has 0 aliphatic carbocycles. The molecule has 0 radical (unpaired) electrons. The van der Waals surface area contributed by atoms with Crippen LogP contribution in [0.5, 0.6) is 0 Å². The minimum Gasteiger partial charge on any atom is -0.457 e. The molecular weight excluding hydrogens is 488 g/mol. The molecule has 3 saturated heterocycles. The summed E-state index contributed by atoms with van der Waals surface area (Å²) in [5.41, 5.74) is -2.01. The van der Waals surface area contributed by atoms with E-state index in [1.54, 1.807) is 20.8 Å². The maximum atomic E-state index is 11.8. The highest BCUT2D eigenvalue weighted by molar-refractivity contribution is 5.75. The third kappa shape index (κ3) is 7.25. The summed E-state index contributed by atoms with van der Waals surface area (Å²) in [5, 5.41) is 21.3. The van der Waals surface area contributed by atoms with E-state index >= 15 is 0 Å². The van der Waals surface area contributed by atoms with Gasteiger partial charge in [0.2, 0.25) is 0 Å². The van der Waals surface area contributed by atoms with Crippen LogP contribution in [0.15, 0.2) is 12.2 Å². The van der Waals surface area contributed by atoms with Crippen LogP contribution in [-0.4, -0.2) is 74.9 Å². The highest BCUT2D eigenvalue weighted by atomic mass is 16.6. The zero-order valence-electron chi connectivity index (χ0n) is 24.5. The summed E-state index contributed by atoms with van der Waals surface area (Å²) in [6, 6.07) is 0. The van der Waals surface area contributed by atoms with Crippen molar-refractivity contribution in [2.75, 3.05) is 0 Å². The van der Waals surface area contributed by atoms with Crippen LogP contribution in [0.2, 0.25) is 0 Å². The van der Waals surface area contributed by atoms with Crippen molar-refractivity contribution in [3.8, 4) is 0 Å². The van der Waals surface area contributed by atoms with Gasteiger partial charge in [-0.15, -0.1) is 0 Å². The van der Waals surface area contributed by atoms with E-state index in [0.29, 0.717) is 38.5 Å². The van der Waals surface area contributed by atoms with Gasteiger partial charge in [0.1, 0.15) is 11.4 Å². The molecule has 0 aromatic heterocycles. The van der Waals surface area contributed by atoms with Gasteiger partial charge in [-0.2, -0.15) is 0 Å². The van der Waals surface area contributed by atoms with Gasteiger partial charge in [0.25, 0.3) is 0 Å². The maximum absolute atomic E-state index is 11.8. The maximum Gasteiger partial charge on any atom is 0.303 e. The van der Waals surface area contributed by atoms with Crippen molar-refractivity contribution in [1.82, 2.24) is 0 Å². The van der Waals surface area contributed by atoms with E-state index in [2.05, 4.69) is 13.5 Å². The lowest BCUT2D eigenvalue weighted by Gasteiger charge is -2.52. The first-order valence-corrected chi connectivity index (χ1v) is 14.3. The molecule has 0 aromatic carbocycles. The number of hydrogen-bond acceptors (Lipinski definition) is 8. The first-order valence-electron chi connectivity index (χ1n) is 14.3. The topological polar surface area (TPSA) is 112 Å². The van der Waals surface area contributed by atoms with Crippen LogP contribution >= 0.6 is 0 Å². The summed E-state index contributed by atoms with van der Waals surface area (Å²) < 4.78 is 24.9. The monoisotopic (exact) mass is 538 g/mol. The molecule has 218 valence electrons. The van der Waals surface area contributed by atoms with Gasteiger partial charge in [0, 0.05) is 13.3 Å². The van der Waals surface area contributed by atoms with Gasteiger partial charge >= 0.3 is 5.97 Å². The van der Waals surface area contributed by atoms with Gasteiger partial charge < -0.3 is 34.0 Å². The summed E-state index contributed by atoms with van der Waals surface area (Å²) in [7, 11) is 0. The van der Waals surface area contributed by atoms with Crippen molar-refractivity contribution in [2.45, 2.75) is 166 Å². The molecule has 0 amide bonds. The van der Waals surface area contributed by atoms with E-state index < -0.39 is 28.5 Å². The summed E-state index contributed by atoms with van der Waals surface area (Å²) in [4.78, 5) is 23.5. The van der Waals surface area contributed by atoms with E-state index in [9.17, 15) is 19.8 Å². The first-order chi connectivity index (χ1) is 17.5. The molecule has 8 nitrogen and oxygen atoms in total. The number of Topliss-reactive ketones (excluding diaryl/α,β-unsaturated/α-hetero) is 1. The molecule has 3 fully saturated rings. The Bertz CT molecular complexity index is 880. The van der Waals surface area contributed by atoms with E-state index in [0.717, 1.165) is 31.3 Å². The second-order valence-electron chi connectivity index (χ2n) is 13.1. The Balaban J connectivity index is 1.55. The summed E-state index contributed by atoms with van der Waals surface area (Å²) in [5.74, 6) is -0.319. The standard InChI is InChI=1S/C30H50O8/c1-19(9-11-23(33)28(6)17-14-24(38-28)27(4,5)34)22-10-12-25-30(8,37-22)18-15-26(35-25)29(7,36-21(3)32)16-13-20(2)31/h22-26,33-34H,1,9-18H2,2-8H3/t22-,23+,24-,25-,26-,28-,29+,30+/m1/s1. The zero-order chi connectivity index (χ0) is 28.5. The fourth-order valence-corrected chi connectivity index (χ4v) is 6.34. The van der Waals surface area contributed by atoms with Gasteiger partial charge in [-0.05, 0) is 105 Å². The second kappa shape index (κ2) is 11.7.